The standard InChI is InChI=1S/C16H29NO3/c1-12(2)10-11-14(13-8-6-5-7-9-13)17-20-16(3,4)15(18)19/h12-13H,5-11H2,1-4H3,(H,18,19)/b17-14+. The van der Waals surface area contributed by atoms with Crippen LogP contribution >= 0.6 is 0 Å². The lowest BCUT2D eigenvalue weighted by atomic mass is 9.83. The average molecular weight is 283 g/mol. The molecule has 0 amide bonds. The largest absolute Gasteiger partial charge is 0.478 e. The van der Waals surface area contributed by atoms with Crippen molar-refractivity contribution in [2.75, 3.05) is 0 Å². The Hall–Kier alpha value is -1.06. The lowest BCUT2D eigenvalue weighted by molar-refractivity contribution is -0.161. The zero-order chi connectivity index (χ0) is 15.2. The molecule has 4 heteroatoms. The molecule has 1 N–H and O–H groups in total. The second-order valence-electron chi connectivity index (χ2n) is 6.76. The number of carboxylic acid groups (broad SMARTS) is 1. The van der Waals surface area contributed by atoms with Crippen LogP contribution in [0.4, 0.5) is 0 Å². The van der Waals surface area contributed by atoms with Crippen LogP contribution in [-0.2, 0) is 9.63 Å². The van der Waals surface area contributed by atoms with Gasteiger partial charge in [-0.1, -0.05) is 38.3 Å². The molecule has 0 atom stereocenters. The summed E-state index contributed by atoms with van der Waals surface area (Å²) < 4.78 is 0. The van der Waals surface area contributed by atoms with Crippen molar-refractivity contribution < 1.29 is 14.7 Å². The quantitative estimate of drug-likeness (QED) is 0.561. The molecule has 0 aromatic carbocycles. The predicted octanol–water partition coefficient (Wildman–Crippen LogP) is 4.24. The summed E-state index contributed by atoms with van der Waals surface area (Å²) >= 11 is 0. The Bertz CT molecular complexity index is 342. The van der Waals surface area contributed by atoms with Crippen molar-refractivity contribution in [1.82, 2.24) is 0 Å². The molecule has 0 bridgehead atoms. The third-order valence-corrected chi connectivity index (χ3v) is 3.96. The molecule has 4 nitrogen and oxygen atoms in total. The van der Waals surface area contributed by atoms with E-state index < -0.39 is 11.6 Å². The van der Waals surface area contributed by atoms with Crippen molar-refractivity contribution in [2.45, 2.75) is 78.2 Å². The molecule has 0 heterocycles. The highest BCUT2D eigenvalue weighted by Gasteiger charge is 2.30. The summed E-state index contributed by atoms with van der Waals surface area (Å²) in [6.45, 7) is 7.47. The van der Waals surface area contributed by atoms with Gasteiger partial charge in [0.15, 0.2) is 0 Å². The van der Waals surface area contributed by atoms with Crippen LogP contribution in [0, 0.1) is 11.8 Å². The topological polar surface area (TPSA) is 58.9 Å². The van der Waals surface area contributed by atoms with Gasteiger partial charge in [-0.2, -0.15) is 0 Å². The molecule has 20 heavy (non-hydrogen) atoms. The molecule has 1 rings (SSSR count). The van der Waals surface area contributed by atoms with Crippen molar-refractivity contribution >= 4 is 11.7 Å². The van der Waals surface area contributed by atoms with Gasteiger partial charge < -0.3 is 9.94 Å². The first-order chi connectivity index (χ1) is 9.33. The van der Waals surface area contributed by atoms with Crippen LogP contribution in [0.5, 0.6) is 0 Å². The monoisotopic (exact) mass is 283 g/mol. The lowest BCUT2D eigenvalue weighted by Crippen LogP contribution is -2.33. The molecule has 0 saturated heterocycles. The Morgan fingerprint density at radius 3 is 2.40 bits per heavy atom. The van der Waals surface area contributed by atoms with E-state index in [1.165, 1.54) is 19.3 Å². The molecule has 0 spiro atoms. The SMILES string of the molecule is CC(C)CC/C(=N\OC(C)(C)C(=O)O)C1CCCCC1. The van der Waals surface area contributed by atoms with Crippen LogP contribution in [0.15, 0.2) is 5.16 Å². The second-order valence-corrected chi connectivity index (χ2v) is 6.76. The molecule has 1 aliphatic rings. The number of hydrogen-bond acceptors (Lipinski definition) is 3. The lowest BCUT2D eigenvalue weighted by Gasteiger charge is -2.25. The maximum atomic E-state index is 11.1. The van der Waals surface area contributed by atoms with Gasteiger partial charge in [0.2, 0.25) is 5.60 Å². The zero-order valence-corrected chi connectivity index (χ0v) is 13.3. The van der Waals surface area contributed by atoms with Crippen LogP contribution in [0.3, 0.4) is 0 Å². The molecular formula is C16H29NO3. The fraction of sp³-hybridized carbons (Fsp3) is 0.875. The highest BCUT2D eigenvalue weighted by molar-refractivity contribution is 5.86. The van der Waals surface area contributed by atoms with E-state index in [4.69, 9.17) is 9.94 Å². The number of carboxylic acids is 1. The normalized spacial score (nSPS) is 18.4. The van der Waals surface area contributed by atoms with Gasteiger partial charge >= 0.3 is 5.97 Å². The summed E-state index contributed by atoms with van der Waals surface area (Å²) in [5.74, 6) is 0.122. The molecule has 0 aromatic heterocycles. The van der Waals surface area contributed by atoms with E-state index in [0.717, 1.165) is 31.4 Å². The number of oxime groups is 1. The van der Waals surface area contributed by atoms with Crippen LogP contribution in [-0.4, -0.2) is 22.4 Å². The fourth-order valence-electron chi connectivity index (χ4n) is 2.41. The second kappa shape index (κ2) is 7.65. The summed E-state index contributed by atoms with van der Waals surface area (Å²) in [7, 11) is 0. The number of carbonyl (C=O) groups is 1. The van der Waals surface area contributed by atoms with Gasteiger partial charge in [0.1, 0.15) is 0 Å². The van der Waals surface area contributed by atoms with Gasteiger partial charge in [0.05, 0.1) is 5.71 Å². The smallest absolute Gasteiger partial charge is 0.350 e. The number of rotatable bonds is 7. The van der Waals surface area contributed by atoms with Crippen molar-refractivity contribution in [3.63, 3.8) is 0 Å². The molecule has 1 aliphatic carbocycles. The van der Waals surface area contributed by atoms with E-state index in [-0.39, 0.29) is 0 Å². The Morgan fingerprint density at radius 1 is 1.30 bits per heavy atom. The van der Waals surface area contributed by atoms with Crippen molar-refractivity contribution in [1.29, 1.82) is 0 Å². The molecule has 1 saturated carbocycles. The van der Waals surface area contributed by atoms with E-state index in [1.807, 2.05) is 0 Å². The third-order valence-electron chi connectivity index (χ3n) is 3.96. The van der Waals surface area contributed by atoms with E-state index in [2.05, 4.69) is 19.0 Å². The van der Waals surface area contributed by atoms with E-state index >= 15 is 0 Å². The summed E-state index contributed by atoms with van der Waals surface area (Å²) in [4.78, 5) is 16.4. The van der Waals surface area contributed by atoms with E-state index in [1.54, 1.807) is 13.8 Å². The summed E-state index contributed by atoms with van der Waals surface area (Å²) in [5, 5.41) is 13.3. The number of hydrogen-bond donors (Lipinski definition) is 1. The minimum Gasteiger partial charge on any atom is -0.478 e. The third kappa shape index (κ3) is 5.51. The van der Waals surface area contributed by atoms with Crippen LogP contribution < -0.4 is 0 Å². The van der Waals surface area contributed by atoms with Crippen molar-refractivity contribution in [3.8, 4) is 0 Å². The molecular weight excluding hydrogens is 254 g/mol. The van der Waals surface area contributed by atoms with Crippen molar-refractivity contribution in [2.24, 2.45) is 17.0 Å². The predicted molar refractivity (Wildman–Crippen MR) is 80.9 cm³/mol. The Morgan fingerprint density at radius 2 is 1.90 bits per heavy atom. The van der Waals surface area contributed by atoms with Gasteiger partial charge in [0, 0.05) is 5.92 Å². The Kier molecular flexibility index (Phi) is 6.50. The first-order valence-corrected chi connectivity index (χ1v) is 7.81. The van der Waals surface area contributed by atoms with Crippen LogP contribution in [0.2, 0.25) is 0 Å². The maximum Gasteiger partial charge on any atom is 0.350 e. The fourth-order valence-corrected chi connectivity index (χ4v) is 2.41. The number of nitrogens with zero attached hydrogens (tertiary/aromatic N) is 1. The van der Waals surface area contributed by atoms with Gasteiger partial charge in [-0.3, -0.25) is 0 Å². The molecule has 1 fully saturated rings. The highest BCUT2D eigenvalue weighted by atomic mass is 16.7. The van der Waals surface area contributed by atoms with Crippen LogP contribution in [0.1, 0.15) is 72.6 Å². The van der Waals surface area contributed by atoms with Gasteiger partial charge in [0.25, 0.3) is 0 Å². The summed E-state index contributed by atoms with van der Waals surface area (Å²) in [6, 6.07) is 0. The first-order valence-electron chi connectivity index (χ1n) is 7.81. The first kappa shape index (κ1) is 17.0. The van der Waals surface area contributed by atoms with Crippen LogP contribution in [0.25, 0.3) is 0 Å². The van der Waals surface area contributed by atoms with Gasteiger partial charge in [-0.05, 0) is 45.4 Å². The maximum absolute atomic E-state index is 11.1. The molecule has 0 unspecified atom stereocenters. The molecule has 0 aromatic rings. The highest BCUT2D eigenvalue weighted by Crippen LogP contribution is 2.27. The van der Waals surface area contributed by atoms with E-state index in [0.29, 0.717) is 11.8 Å². The van der Waals surface area contributed by atoms with E-state index in [9.17, 15) is 4.79 Å². The molecule has 116 valence electrons. The Labute approximate surface area is 122 Å². The van der Waals surface area contributed by atoms with Crippen molar-refractivity contribution in [3.05, 3.63) is 0 Å². The summed E-state index contributed by atoms with van der Waals surface area (Å²) in [6.07, 6.45) is 8.10. The average Bonchev–Trinajstić information content (AvgIpc) is 2.39. The number of aliphatic carboxylic acids is 1. The Balaban J connectivity index is 2.72. The zero-order valence-electron chi connectivity index (χ0n) is 13.3. The molecule has 0 radical (unpaired) electrons. The minimum absolute atomic E-state index is 0.479. The van der Waals surface area contributed by atoms with Gasteiger partial charge in [-0.25, -0.2) is 4.79 Å². The molecule has 0 aliphatic heterocycles. The summed E-state index contributed by atoms with van der Waals surface area (Å²) in [5.41, 5.74) is -0.190. The van der Waals surface area contributed by atoms with Gasteiger partial charge in [-0.15, -0.1) is 0 Å². The minimum atomic E-state index is -1.25.